The number of aryl methyl sites for hydroxylation is 2. The lowest BCUT2D eigenvalue weighted by Crippen LogP contribution is -2.35. The molecule has 0 radical (unpaired) electrons. The van der Waals surface area contributed by atoms with Gasteiger partial charge < -0.3 is 15.6 Å². The number of nitrogens with zero attached hydrogens (tertiary/aromatic N) is 1. The molecule has 32 heavy (non-hydrogen) atoms. The number of hydrogen-bond donors (Lipinski definition) is 2. The molecule has 3 N–H and O–H groups in total. The second-order valence-electron chi connectivity index (χ2n) is 8.80. The summed E-state index contributed by atoms with van der Waals surface area (Å²) in [4.78, 5) is 29.9. The molecule has 2 heterocycles. The number of fused-ring (bicyclic) bond motifs is 4. The second-order valence-corrected chi connectivity index (χ2v) is 9.42. The number of carbonyl (C=O) groups excluding carboxylic acids is 2. The number of rotatable bonds is 3. The first-order valence-electron chi connectivity index (χ1n) is 11.3. The van der Waals surface area contributed by atoms with Crippen LogP contribution in [-0.4, -0.2) is 28.2 Å². The minimum absolute atomic E-state index is 0.0306. The Balaban J connectivity index is 1.76. The molecule has 1 aliphatic carbocycles. The number of aromatic nitrogens is 1. The summed E-state index contributed by atoms with van der Waals surface area (Å²) < 4.78 is 0. The molecule has 3 aromatic rings. The predicted octanol–water partition coefficient (Wildman–Crippen LogP) is 3.77. The number of hydrogen-bond acceptors (Lipinski definition) is 2. The summed E-state index contributed by atoms with van der Waals surface area (Å²) in [5, 5.41) is 2.12. The van der Waals surface area contributed by atoms with Crippen LogP contribution in [0.1, 0.15) is 52.0 Å². The number of H-pyrrole nitrogens is 1. The maximum Gasteiger partial charge on any atom is 0.250 e. The van der Waals surface area contributed by atoms with Crippen molar-refractivity contribution >= 4 is 37.3 Å². The van der Waals surface area contributed by atoms with Gasteiger partial charge in [-0.05, 0) is 77.4 Å². The van der Waals surface area contributed by atoms with Crippen LogP contribution in [0.2, 0.25) is 0 Å². The molecule has 5 nitrogen and oxygen atoms in total. The van der Waals surface area contributed by atoms with Gasteiger partial charge in [-0.15, -0.1) is 9.24 Å². The quantitative estimate of drug-likeness (QED) is 0.366. The summed E-state index contributed by atoms with van der Waals surface area (Å²) >= 11 is 0. The average Bonchev–Trinajstić information content (AvgIpc) is 2.98. The number of benzene rings is 2. The molecule has 0 fully saturated rings. The Bertz CT molecular complexity index is 1270. The van der Waals surface area contributed by atoms with Crippen molar-refractivity contribution in [3.8, 4) is 11.1 Å². The third kappa shape index (κ3) is 3.36. The van der Waals surface area contributed by atoms with Crippen molar-refractivity contribution in [3.63, 3.8) is 0 Å². The van der Waals surface area contributed by atoms with Gasteiger partial charge in [-0.25, -0.2) is 0 Å². The monoisotopic (exact) mass is 445 g/mol. The van der Waals surface area contributed by atoms with Gasteiger partial charge >= 0.3 is 0 Å². The molecule has 2 aromatic carbocycles. The van der Waals surface area contributed by atoms with Crippen LogP contribution in [0.3, 0.4) is 0 Å². The molecule has 2 aliphatic rings. The minimum Gasteiger partial charge on any atom is -0.366 e. The molecule has 6 heteroatoms. The zero-order chi connectivity index (χ0) is 22.4. The third-order valence-electron chi connectivity index (χ3n) is 6.94. The maximum atomic E-state index is 12.3. The van der Waals surface area contributed by atoms with E-state index in [1.165, 1.54) is 40.4 Å². The van der Waals surface area contributed by atoms with Crippen molar-refractivity contribution in [1.29, 1.82) is 0 Å². The van der Waals surface area contributed by atoms with Crippen LogP contribution in [0.4, 0.5) is 0 Å². The van der Waals surface area contributed by atoms with Crippen LogP contribution >= 0.6 is 9.24 Å². The number of primary amides is 1. The highest BCUT2D eigenvalue weighted by molar-refractivity contribution is 7.28. The number of nitrogens with one attached hydrogen (secondary N) is 1. The van der Waals surface area contributed by atoms with E-state index in [1.807, 2.05) is 11.0 Å². The number of carbonyl (C=O) groups is 2. The van der Waals surface area contributed by atoms with Gasteiger partial charge in [0, 0.05) is 24.2 Å². The van der Waals surface area contributed by atoms with Crippen molar-refractivity contribution in [2.75, 3.05) is 6.54 Å². The third-order valence-corrected chi connectivity index (χ3v) is 7.40. The van der Waals surface area contributed by atoms with Gasteiger partial charge in [-0.2, -0.15) is 0 Å². The largest absolute Gasteiger partial charge is 0.366 e. The molecule has 1 aliphatic heterocycles. The van der Waals surface area contributed by atoms with E-state index < -0.39 is 5.91 Å². The van der Waals surface area contributed by atoms with E-state index in [2.05, 4.69) is 39.0 Å². The van der Waals surface area contributed by atoms with Crippen LogP contribution in [0, 0.1) is 0 Å². The van der Waals surface area contributed by atoms with Gasteiger partial charge in [0.1, 0.15) is 0 Å². The predicted molar refractivity (Wildman–Crippen MR) is 132 cm³/mol. The standard InChI is InChI=1S/C26H28N3O2P/c1-2-22(30)29-12-11-16-15(14-29)7-6-9-17(16)23-21(32)13-19(26(27)31)25-24(23)18-8-4-3-5-10-20(18)28-25/h2,6-7,9,13,28H,1,3-5,8,10-12,14,32H2,(H2,27,31). The van der Waals surface area contributed by atoms with Crippen LogP contribution < -0.4 is 11.0 Å². The molecule has 5 rings (SSSR count). The highest BCUT2D eigenvalue weighted by atomic mass is 31.0. The van der Waals surface area contributed by atoms with Crippen molar-refractivity contribution in [3.05, 3.63) is 64.9 Å². The van der Waals surface area contributed by atoms with Crippen LogP contribution in [0.15, 0.2) is 36.9 Å². The Morgan fingerprint density at radius 1 is 1.12 bits per heavy atom. The molecular formula is C26H28N3O2P. The van der Waals surface area contributed by atoms with E-state index in [-0.39, 0.29) is 5.91 Å². The molecule has 0 bridgehead atoms. The van der Waals surface area contributed by atoms with Gasteiger partial charge in [-0.1, -0.05) is 31.2 Å². The molecule has 164 valence electrons. The first-order valence-corrected chi connectivity index (χ1v) is 11.9. The molecule has 1 aromatic heterocycles. The first-order chi connectivity index (χ1) is 15.5. The van der Waals surface area contributed by atoms with E-state index in [0.29, 0.717) is 18.7 Å². The van der Waals surface area contributed by atoms with Gasteiger partial charge in [-0.3, -0.25) is 9.59 Å². The smallest absolute Gasteiger partial charge is 0.250 e. The Morgan fingerprint density at radius 3 is 2.72 bits per heavy atom. The lowest BCUT2D eigenvalue weighted by molar-refractivity contribution is -0.126. The van der Waals surface area contributed by atoms with Gasteiger partial charge in [0.2, 0.25) is 5.91 Å². The van der Waals surface area contributed by atoms with E-state index >= 15 is 0 Å². The van der Waals surface area contributed by atoms with E-state index in [4.69, 9.17) is 5.73 Å². The fourth-order valence-electron chi connectivity index (χ4n) is 5.43. The van der Waals surface area contributed by atoms with Gasteiger partial charge in [0.05, 0.1) is 11.1 Å². The zero-order valence-corrected chi connectivity index (χ0v) is 19.3. The molecule has 1 unspecified atom stereocenters. The SMILES string of the molecule is C=CC(=O)N1CCc2c(cccc2-c2c(P)cc(C(N)=O)c3[nH]c4c(c23)CCCCC4)C1. The highest BCUT2D eigenvalue weighted by Gasteiger charge is 2.27. The Hall–Kier alpha value is -2.91. The Morgan fingerprint density at radius 2 is 1.94 bits per heavy atom. The maximum absolute atomic E-state index is 12.3. The molecule has 0 saturated heterocycles. The van der Waals surface area contributed by atoms with Crippen molar-refractivity contribution < 1.29 is 9.59 Å². The lowest BCUT2D eigenvalue weighted by atomic mass is 9.87. The lowest BCUT2D eigenvalue weighted by Gasteiger charge is -2.30. The Kier molecular flexibility index (Phi) is 5.38. The normalized spacial score (nSPS) is 15.7. The summed E-state index contributed by atoms with van der Waals surface area (Å²) in [7, 11) is 2.83. The summed E-state index contributed by atoms with van der Waals surface area (Å²) in [5.41, 5.74) is 14.6. The summed E-state index contributed by atoms with van der Waals surface area (Å²) in [6, 6.07) is 8.25. The van der Waals surface area contributed by atoms with Crippen LogP contribution in [0.25, 0.3) is 22.0 Å². The van der Waals surface area contributed by atoms with E-state index in [0.717, 1.165) is 53.9 Å². The molecular weight excluding hydrogens is 417 g/mol. The molecule has 1 atom stereocenters. The number of aromatic amines is 1. The number of nitrogens with two attached hydrogens (primary N) is 1. The van der Waals surface area contributed by atoms with Gasteiger partial charge in [0.25, 0.3) is 5.91 Å². The topological polar surface area (TPSA) is 79.2 Å². The minimum atomic E-state index is -0.407. The summed E-state index contributed by atoms with van der Waals surface area (Å²) in [5.74, 6) is -0.438. The van der Waals surface area contributed by atoms with Crippen LogP contribution in [-0.2, 0) is 30.6 Å². The zero-order valence-electron chi connectivity index (χ0n) is 18.2. The van der Waals surface area contributed by atoms with Crippen LogP contribution in [0.5, 0.6) is 0 Å². The second kappa shape index (κ2) is 8.22. The van der Waals surface area contributed by atoms with E-state index in [1.54, 1.807) is 0 Å². The summed E-state index contributed by atoms with van der Waals surface area (Å²) in [6.07, 6.45) is 7.71. The fraction of sp³-hybridized carbons (Fsp3) is 0.308. The fourth-order valence-corrected chi connectivity index (χ4v) is 5.89. The first kappa shape index (κ1) is 21.0. The van der Waals surface area contributed by atoms with Crippen molar-refractivity contribution in [1.82, 2.24) is 9.88 Å². The van der Waals surface area contributed by atoms with E-state index in [9.17, 15) is 9.59 Å². The van der Waals surface area contributed by atoms with Gasteiger partial charge in [0.15, 0.2) is 0 Å². The van der Waals surface area contributed by atoms with Crippen molar-refractivity contribution in [2.45, 2.75) is 45.1 Å². The average molecular weight is 446 g/mol. The highest BCUT2D eigenvalue weighted by Crippen LogP contribution is 2.40. The molecule has 0 spiro atoms. The molecule has 0 saturated carbocycles. The molecule has 2 amide bonds. The van der Waals surface area contributed by atoms with Crippen molar-refractivity contribution in [2.24, 2.45) is 5.73 Å². The Labute approximate surface area is 190 Å². The summed E-state index contributed by atoms with van der Waals surface area (Å²) in [6.45, 7) is 4.90. The number of amides is 2.